The maximum atomic E-state index is 9.88. The third-order valence-corrected chi connectivity index (χ3v) is 6.92. The summed E-state index contributed by atoms with van der Waals surface area (Å²) in [7, 11) is 0. The molecule has 0 aliphatic carbocycles. The normalized spacial score (nSPS) is 13.6. The Morgan fingerprint density at radius 2 is 1.84 bits per heavy atom. The molecule has 31 heavy (non-hydrogen) atoms. The van der Waals surface area contributed by atoms with Crippen molar-refractivity contribution >= 4 is 46.2 Å². The second kappa shape index (κ2) is 9.54. The minimum absolute atomic E-state index is 0.130. The number of pyridine rings is 1. The van der Waals surface area contributed by atoms with E-state index >= 15 is 0 Å². The Hall–Kier alpha value is -2.82. The largest absolute Gasteiger partial charge is 0.382 e. The summed E-state index contributed by atoms with van der Waals surface area (Å²) in [5.41, 5.74) is 9.11. The quantitative estimate of drug-likeness (QED) is 0.551. The molecular formula is C21H17ClN6OS2. The van der Waals surface area contributed by atoms with Gasteiger partial charge in [-0.2, -0.15) is 10.5 Å². The van der Waals surface area contributed by atoms with E-state index in [1.54, 1.807) is 11.3 Å². The van der Waals surface area contributed by atoms with Crippen LogP contribution < -0.4 is 10.6 Å². The standard InChI is InChI=1S/C21H17ClN6OS2/c22-14-3-1-13(2-4-14)20-26-15(11-30-20)12-31-21-17(10-24)18(16(9-23)19(25)27-21)28-5-7-29-8-6-28/h1-4,11H,5-8,12H2,(H2,25,27). The molecule has 1 aliphatic rings. The molecule has 0 bridgehead atoms. The first kappa shape index (κ1) is 21.4. The Balaban J connectivity index is 1.60. The molecule has 1 aliphatic heterocycles. The van der Waals surface area contributed by atoms with E-state index < -0.39 is 0 Å². The minimum Gasteiger partial charge on any atom is -0.382 e. The van der Waals surface area contributed by atoms with Crippen LogP contribution in [0, 0.1) is 22.7 Å². The van der Waals surface area contributed by atoms with Crippen molar-refractivity contribution in [1.82, 2.24) is 9.97 Å². The number of nitrogen functional groups attached to an aromatic ring is 1. The van der Waals surface area contributed by atoms with Gasteiger partial charge in [0.2, 0.25) is 0 Å². The molecule has 3 aromatic rings. The van der Waals surface area contributed by atoms with Crippen molar-refractivity contribution < 1.29 is 4.74 Å². The molecule has 3 heterocycles. The number of thiazole rings is 1. The maximum absolute atomic E-state index is 9.88. The number of nitrogens with zero attached hydrogens (tertiary/aromatic N) is 5. The van der Waals surface area contributed by atoms with Gasteiger partial charge in [0.05, 0.1) is 24.6 Å². The Morgan fingerprint density at radius 3 is 2.52 bits per heavy atom. The first-order chi connectivity index (χ1) is 15.1. The highest BCUT2D eigenvalue weighted by molar-refractivity contribution is 7.98. The Bertz CT molecular complexity index is 1180. The highest BCUT2D eigenvalue weighted by atomic mass is 35.5. The highest BCUT2D eigenvalue weighted by Gasteiger charge is 2.25. The molecule has 0 spiro atoms. The number of benzene rings is 1. The van der Waals surface area contributed by atoms with E-state index in [4.69, 9.17) is 22.1 Å². The third-order valence-electron chi connectivity index (χ3n) is 4.72. The number of nitrogens with two attached hydrogens (primary N) is 1. The first-order valence-corrected chi connectivity index (χ1v) is 11.6. The summed E-state index contributed by atoms with van der Waals surface area (Å²) in [6.45, 7) is 2.25. The molecule has 1 aromatic carbocycles. The van der Waals surface area contributed by atoms with Crippen molar-refractivity contribution in [3.63, 3.8) is 0 Å². The lowest BCUT2D eigenvalue weighted by atomic mass is 10.1. The molecule has 1 fully saturated rings. The summed E-state index contributed by atoms with van der Waals surface area (Å²) < 4.78 is 5.41. The maximum Gasteiger partial charge on any atom is 0.144 e. The molecule has 156 valence electrons. The average molecular weight is 469 g/mol. The first-order valence-electron chi connectivity index (χ1n) is 9.40. The van der Waals surface area contributed by atoms with E-state index in [9.17, 15) is 10.5 Å². The van der Waals surface area contributed by atoms with Crippen LogP contribution in [0.2, 0.25) is 5.02 Å². The fourth-order valence-electron chi connectivity index (χ4n) is 3.23. The molecule has 1 saturated heterocycles. The van der Waals surface area contributed by atoms with Crippen molar-refractivity contribution in [2.24, 2.45) is 0 Å². The number of hydrogen-bond acceptors (Lipinski definition) is 9. The van der Waals surface area contributed by atoms with Gasteiger partial charge in [-0.25, -0.2) is 9.97 Å². The lowest BCUT2D eigenvalue weighted by molar-refractivity contribution is 0.122. The van der Waals surface area contributed by atoms with Crippen LogP contribution in [-0.2, 0) is 10.5 Å². The van der Waals surface area contributed by atoms with Gasteiger partial charge in [0, 0.05) is 34.8 Å². The molecule has 2 N–H and O–H groups in total. The van der Waals surface area contributed by atoms with Gasteiger partial charge >= 0.3 is 0 Å². The Kier molecular flexibility index (Phi) is 6.59. The summed E-state index contributed by atoms with van der Waals surface area (Å²) >= 11 is 8.89. The zero-order valence-electron chi connectivity index (χ0n) is 16.3. The van der Waals surface area contributed by atoms with Gasteiger partial charge in [-0.1, -0.05) is 35.5 Å². The monoisotopic (exact) mass is 468 g/mol. The lowest BCUT2D eigenvalue weighted by Gasteiger charge is -2.30. The van der Waals surface area contributed by atoms with Crippen molar-refractivity contribution in [1.29, 1.82) is 10.5 Å². The van der Waals surface area contributed by atoms with Gasteiger partial charge < -0.3 is 15.4 Å². The van der Waals surface area contributed by atoms with Gasteiger partial charge in [-0.15, -0.1) is 11.3 Å². The van der Waals surface area contributed by atoms with E-state index in [2.05, 4.69) is 22.1 Å². The number of anilines is 2. The van der Waals surface area contributed by atoms with Gasteiger partial charge in [-0.3, -0.25) is 0 Å². The number of morpholine rings is 1. The summed E-state index contributed by atoms with van der Waals surface area (Å²) in [6.07, 6.45) is 0. The molecule has 0 radical (unpaired) electrons. The molecular weight excluding hydrogens is 452 g/mol. The molecule has 0 unspecified atom stereocenters. The van der Waals surface area contributed by atoms with E-state index in [-0.39, 0.29) is 11.4 Å². The second-order valence-corrected chi connectivity index (χ2v) is 8.92. The molecule has 0 atom stereocenters. The number of aromatic nitrogens is 2. The highest BCUT2D eigenvalue weighted by Crippen LogP contribution is 2.37. The van der Waals surface area contributed by atoms with Crippen LogP contribution in [0.5, 0.6) is 0 Å². The number of rotatable bonds is 5. The van der Waals surface area contributed by atoms with Crippen molar-refractivity contribution in [3.05, 3.63) is 51.5 Å². The fourth-order valence-corrected chi connectivity index (χ4v) is 5.17. The van der Waals surface area contributed by atoms with Crippen molar-refractivity contribution in [2.75, 3.05) is 36.9 Å². The zero-order valence-corrected chi connectivity index (χ0v) is 18.7. The topological polar surface area (TPSA) is 112 Å². The average Bonchev–Trinajstić information content (AvgIpc) is 3.27. The molecule has 0 saturated carbocycles. The summed E-state index contributed by atoms with van der Waals surface area (Å²) in [6, 6.07) is 11.9. The number of nitriles is 2. The Morgan fingerprint density at radius 1 is 1.13 bits per heavy atom. The predicted molar refractivity (Wildman–Crippen MR) is 123 cm³/mol. The minimum atomic E-state index is 0.130. The number of ether oxygens (including phenoxy) is 1. The summed E-state index contributed by atoms with van der Waals surface area (Å²) in [4.78, 5) is 11.0. The van der Waals surface area contributed by atoms with Crippen LogP contribution in [-0.4, -0.2) is 36.3 Å². The van der Waals surface area contributed by atoms with Crippen LogP contribution >= 0.6 is 34.7 Å². The van der Waals surface area contributed by atoms with Crippen LogP contribution in [0.3, 0.4) is 0 Å². The Labute approximate surface area is 193 Å². The van der Waals surface area contributed by atoms with Crippen LogP contribution in [0.1, 0.15) is 16.8 Å². The predicted octanol–water partition coefficient (Wildman–Crippen LogP) is 4.31. The van der Waals surface area contributed by atoms with Gasteiger partial charge in [-0.05, 0) is 12.1 Å². The summed E-state index contributed by atoms with van der Waals surface area (Å²) in [5, 5.41) is 23.6. The molecule has 10 heteroatoms. The lowest BCUT2D eigenvalue weighted by Crippen LogP contribution is -2.37. The van der Waals surface area contributed by atoms with Gasteiger partial charge in [0.25, 0.3) is 0 Å². The van der Waals surface area contributed by atoms with Crippen molar-refractivity contribution in [3.8, 4) is 22.7 Å². The SMILES string of the molecule is N#Cc1c(N)nc(SCc2csc(-c3ccc(Cl)cc3)n2)c(C#N)c1N1CCOCC1. The molecule has 7 nitrogen and oxygen atoms in total. The fraction of sp³-hybridized carbons (Fsp3) is 0.238. The second-order valence-electron chi connectivity index (χ2n) is 6.66. The molecule has 4 rings (SSSR count). The third kappa shape index (κ3) is 4.60. The van der Waals surface area contributed by atoms with Gasteiger partial charge in [0.15, 0.2) is 0 Å². The number of halogens is 1. The zero-order chi connectivity index (χ0) is 21.8. The number of hydrogen-bond donors (Lipinski definition) is 1. The number of thioether (sulfide) groups is 1. The van der Waals surface area contributed by atoms with E-state index in [0.717, 1.165) is 16.3 Å². The summed E-state index contributed by atoms with van der Waals surface area (Å²) in [5.74, 6) is 0.658. The van der Waals surface area contributed by atoms with Crippen molar-refractivity contribution in [2.45, 2.75) is 10.8 Å². The van der Waals surface area contributed by atoms with E-state index in [1.165, 1.54) is 11.8 Å². The van der Waals surface area contributed by atoms with Crippen LogP contribution in [0.4, 0.5) is 11.5 Å². The van der Waals surface area contributed by atoms with E-state index in [0.29, 0.717) is 53.4 Å². The molecule has 0 amide bonds. The van der Waals surface area contributed by atoms with Crippen LogP contribution in [0.25, 0.3) is 10.6 Å². The molecule has 2 aromatic heterocycles. The van der Waals surface area contributed by atoms with E-state index in [1.807, 2.05) is 34.5 Å². The van der Waals surface area contributed by atoms with Gasteiger partial charge in [0.1, 0.15) is 39.1 Å². The van der Waals surface area contributed by atoms with Crippen LogP contribution in [0.15, 0.2) is 34.7 Å². The smallest absolute Gasteiger partial charge is 0.144 e.